The monoisotopic (exact) mass is 268 g/mol. The molecule has 18 heavy (non-hydrogen) atoms. The van der Waals surface area contributed by atoms with Crippen molar-refractivity contribution < 1.29 is 14.6 Å². The van der Waals surface area contributed by atoms with Gasteiger partial charge < -0.3 is 14.6 Å². The fourth-order valence-corrected chi connectivity index (χ4v) is 3.62. The smallest absolute Gasteiger partial charge is 0.124 e. The number of aliphatic hydroxyl groups excluding tert-OH is 1. The van der Waals surface area contributed by atoms with Gasteiger partial charge in [0.05, 0.1) is 20.3 Å². The molecule has 1 N–H and O–H groups in total. The van der Waals surface area contributed by atoms with Crippen LogP contribution in [0.25, 0.3) is 0 Å². The van der Waals surface area contributed by atoms with Crippen molar-refractivity contribution in [2.45, 2.75) is 30.6 Å². The largest absolute Gasteiger partial charge is 0.497 e. The van der Waals surface area contributed by atoms with Crippen molar-refractivity contribution >= 4 is 11.8 Å². The molecule has 1 aliphatic heterocycles. The molecule has 3 nitrogen and oxygen atoms in total. The lowest BCUT2D eigenvalue weighted by Crippen LogP contribution is -2.19. The van der Waals surface area contributed by atoms with Gasteiger partial charge in [0, 0.05) is 10.8 Å². The molecule has 0 amide bonds. The average molecular weight is 268 g/mol. The summed E-state index contributed by atoms with van der Waals surface area (Å²) in [4.78, 5) is 0. The molecule has 2 atom stereocenters. The molecule has 0 radical (unpaired) electrons. The van der Waals surface area contributed by atoms with E-state index in [9.17, 15) is 5.11 Å². The molecule has 0 aromatic heterocycles. The van der Waals surface area contributed by atoms with Gasteiger partial charge in [-0.2, -0.15) is 11.8 Å². The van der Waals surface area contributed by atoms with Gasteiger partial charge in [0.15, 0.2) is 0 Å². The number of benzene rings is 1. The summed E-state index contributed by atoms with van der Waals surface area (Å²) in [6.45, 7) is 0. The second kappa shape index (κ2) is 6.34. The van der Waals surface area contributed by atoms with E-state index in [0.29, 0.717) is 0 Å². The molecule has 2 rings (SSSR count). The summed E-state index contributed by atoms with van der Waals surface area (Å²) in [5.41, 5.74) is 0.830. The fraction of sp³-hybridized carbons (Fsp3) is 0.571. The van der Waals surface area contributed by atoms with Gasteiger partial charge in [0.25, 0.3) is 0 Å². The van der Waals surface area contributed by atoms with Gasteiger partial charge in [-0.1, -0.05) is 6.42 Å². The molecule has 1 aromatic rings. The van der Waals surface area contributed by atoms with Crippen molar-refractivity contribution in [1.82, 2.24) is 0 Å². The van der Waals surface area contributed by atoms with E-state index in [0.717, 1.165) is 29.2 Å². The predicted octanol–water partition coefficient (Wildman–Crippen LogP) is 3.02. The van der Waals surface area contributed by atoms with E-state index in [1.54, 1.807) is 14.2 Å². The molecule has 0 bridgehead atoms. The summed E-state index contributed by atoms with van der Waals surface area (Å²) in [6, 6.07) is 5.58. The van der Waals surface area contributed by atoms with Crippen LogP contribution in [0.2, 0.25) is 0 Å². The van der Waals surface area contributed by atoms with E-state index in [1.165, 1.54) is 12.8 Å². The first kappa shape index (κ1) is 13.6. The van der Waals surface area contributed by atoms with Gasteiger partial charge in [-0.3, -0.25) is 0 Å². The highest BCUT2D eigenvalue weighted by molar-refractivity contribution is 7.99. The number of hydrogen-bond acceptors (Lipinski definition) is 4. The molecule has 1 heterocycles. The first-order valence-corrected chi connectivity index (χ1v) is 7.32. The molecule has 0 spiro atoms. The van der Waals surface area contributed by atoms with Crippen LogP contribution in [0.15, 0.2) is 18.2 Å². The summed E-state index contributed by atoms with van der Waals surface area (Å²) in [5, 5.41) is 10.8. The molecular formula is C14H20O3S. The lowest BCUT2D eigenvalue weighted by atomic mass is 10.0. The second-order valence-corrected chi connectivity index (χ2v) is 5.80. The Labute approximate surface area is 112 Å². The van der Waals surface area contributed by atoms with Gasteiger partial charge >= 0.3 is 0 Å². The number of methoxy groups -OCH3 is 2. The van der Waals surface area contributed by atoms with Crippen LogP contribution < -0.4 is 9.47 Å². The van der Waals surface area contributed by atoms with E-state index >= 15 is 0 Å². The molecule has 100 valence electrons. The highest BCUT2D eigenvalue weighted by Crippen LogP contribution is 2.39. The van der Waals surface area contributed by atoms with Crippen LogP contribution >= 0.6 is 11.8 Å². The van der Waals surface area contributed by atoms with Crippen LogP contribution in [-0.2, 0) is 0 Å². The maximum Gasteiger partial charge on any atom is 0.124 e. The Kier molecular flexibility index (Phi) is 4.78. The quantitative estimate of drug-likeness (QED) is 0.911. The number of thioether (sulfide) groups is 1. The van der Waals surface area contributed by atoms with Gasteiger partial charge in [0.2, 0.25) is 0 Å². The van der Waals surface area contributed by atoms with E-state index < -0.39 is 6.10 Å². The van der Waals surface area contributed by atoms with E-state index in [-0.39, 0.29) is 5.25 Å². The number of aliphatic hydroxyl groups is 1. The predicted molar refractivity (Wildman–Crippen MR) is 74.6 cm³/mol. The molecule has 1 saturated heterocycles. The summed E-state index contributed by atoms with van der Waals surface area (Å²) < 4.78 is 10.6. The van der Waals surface area contributed by atoms with Crippen LogP contribution in [0.3, 0.4) is 0 Å². The Morgan fingerprint density at radius 1 is 1.28 bits per heavy atom. The summed E-state index contributed by atoms with van der Waals surface area (Å²) in [5.74, 6) is 2.62. The summed E-state index contributed by atoms with van der Waals surface area (Å²) in [6.07, 6.45) is 3.02. The third-order valence-electron chi connectivity index (χ3n) is 3.32. The van der Waals surface area contributed by atoms with Crippen molar-refractivity contribution in [3.05, 3.63) is 23.8 Å². The Bertz CT molecular complexity index is 389. The topological polar surface area (TPSA) is 38.7 Å². The van der Waals surface area contributed by atoms with Crippen molar-refractivity contribution in [3.8, 4) is 11.5 Å². The van der Waals surface area contributed by atoms with E-state index in [4.69, 9.17) is 9.47 Å². The zero-order chi connectivity index (χ0) is 13.0. The third kappa shape index (κ3) is 2.93. The maximum atomic E-state index is 10.5. The third-order valence-corrected chi connectivity index (χ3v) is 4.77. The zero-order valence-corrected chi connectivity index (χ0v) is 11.7. The van der Waals surface area contributed by atoms with Crippen LogP contribution in [0.5, 0.6) is 11.5 Å². The Balaban J connectivity index is 2.23. The highest BCUT2D eigenvalue weighted by Gasteiger charge is 2.26. The molecule has 1 fully saturated rings. The first-order valence-electron chi connectivity index (χ1n) is 6.28. The minimum Gasteiger partial charge on any atom is -0.497 e. The lowest BCUT2D eigenvalue weighted by molar-refractivity contribution is 0.164. The minimum atomic E-state index is -0.486. The van der Waals surface area contributed by atoms with Crippen LogP contribution in [0, 0.1) is 0 Å². The summed E-state index contributed by atoms with van der Waals surface area (Å²) in [7, 11) is 3.26. The maximum absolute atomic E-state index is 10.5. The molecule has 1 aromatic carbocycles. The van der Waals surface area contributed by atoms with Crippen LogP contribution in [-0.4, -0.2) is 30.3 Å². The molecule has 1 aliphatic rings. The van der Waals surface area contributed by atoms with Gasteiger partial charge in [-0.05, 0) is 36.8 Å². The average Bonchev–Trinajstić information content (AvgIpc) is 2.46. The zero-order valence-electron chi connectivity index (χ0n) is 10.9. The van der Waals surface area contributed by atoms with Gasteiger partial charge in [0.1, 0.15) is 11.5 Å². The first-order chi connectivity index (χ1) is 8.76. The van der Waals surface area contributed by atoms with Crippen molar-refractivity contribution in [2.24, 2.45) is 0 Å². The SMILES string of the molecule is COc1ccc(OC)c(C(O)C2CCCCS2)c1. The Morgan fingerprint density at radius 2 is 2.11 bits per heavy atom. The van der Waals surface area contributed by atoms with E-state index in [1.807, 2.05) is 30.0 Å². The summed E-state index contributed by atoms with van der Waals surface area (Å²) >= 11 is 1.85. The highest BCUT2D eigenvalue weighted by atomic mass is 32.2. The standard InChI is InChI=1S/C14H20O3S/c1-16-10-6-7-12(17-2)11(9-10)14(15)13-5-3-4-8-18-13/h6-7,9,13-15H,3-5,8H2,1-2H3. The molecule has 2 unspecified atom stereocenters. The number of hydrogen-bond donors (Lipinski definition) is 1. The van der Waals surface area contributed by atoms with Crippen molar-refractivity contribution in [2.75, 3.05) is 20.0 Å². The molecule has 0 aliphatic carbocycles. The van der Waals surface area contributed by atoms with Crippen molar-refractivity contribution in [3.63, 3.8) is 0 Å². The number of ether oxygens (including phenoxy) is 2. The molecular weight excluding hydrogens is 248 g/mol. The Hall–Kier alpha value is -0.870. The fourth-order valence-electron chi connectivity index (χ4n) is 2.29. The van der Waals surface area contributed by atoms with Gasteiger partial charge in [-0.15, -0.1) is 0 Å². The number of rotatable bonds is 4. The van der Waals surface area contributed by atoms with Gasteiger partial charge in [-0.25, -0.2) is 0 Å². The van der Waals surface area contributed by atoms with Crippen molar-refractivity contribution in [1.29, 1.82) is 0 Å². The van der Waals surface area contributed by atoms with Crippen LogP contribution in [0.1, 0.15) is 30.9 Å². The Morgan fingerprint density at radius 3 is 2.72 bits per heavy atom. The molecule has 4 heteroatoms. The van der Waals surface area contributed by atoms with E-state index in [2.05, 4.69) is 0 Å². The second-order valence-electron chi connectivity index (χ2n) is 4.46. The minimum absolute atomic E-state index is 0.264. The molecule has 0 saturated carbocycles. The lowest BCUT2D eigenvalue weighted by Gasteiger charge is -2.27. The van der Waals surface area contributed by atoms with Crippen LogP contribution in [0.4, 0.5) is 0 Å². The normalized spacial score (nSPS) is 21.4.